The molecule has 0 aliphatic carbocycles. The summed E-state index contributed by atoms with van der Waals surface area (Å²) in [5.74, 6) is -0.141. The predicted molar refractivity (Wildman–Crippen MR) is 104 cm³/mol. The number of benzene rings is 2. The summed E-state index contributed by atoms with van der Waals surface area (Å²) >= 11 is 0. The Morgan fingerprint density at radius 2 is 1.91 bits per heavy atom. The van der Waals surface area contributed by atoms with Crippen LogP contribution in [0.25, 0.3) is 0 Å². The lowest BCUT2D eigenvalue weighted by molar-refractivity contribution is -0.138. The van der Waals surface area contributed by atoms with E-state index in [1.54, 1.807) is 30.9 Å². The van der Waals surface area contributed by atoms with Gasteiger partial charge in [-0.05, 0) is 35.9 Å². The van der Waals surface area contributed by atoms with Gasteiger partial charge in [0.05, 0.1) is 17.2 Å². The first-order valence-electron chi connectivity index (χ1n) is 9.64. The molecule has 5 nitrogen and oxygen atoms in total. The average molecular weight is 456 g/mol. The molecule has 1 saturated heterocycles. The zero-order valence-electron chi connectivity index (χ0n) is 17.2. The molecular weight excluding hydrogens is 435 g/mol. The van der Waals surface area contributed by atoms with Crippen LogP contribution in [0.4, 0.5) is 22.0 Å². The summed E-state index contributed by atoms with van der Waals surface area (Å²) in [5, 5.41) is 19.8. The van der Waals surface area contributed by atoms with Crippen LogP contribution in [-0.2, 0) is 12.7 Å². The van der Waals surface area contributed by atoms with Gasteiger partial charge in [0.2, 0.25) is 0 Å². The molecule has 1 N–H and O–H groups in total. The predicted octanol–water partition coefficient (Wildman–Crippen LogP) is 4.79. The Labute approximate surface area is 181 Å². The number of aliphatic hydroxyl groups is 1. The van der Waals surface area contributed by atoms with Gasteiger partial charge in [-0.25, -0.2) is 0 Å². The summed E-state index contributed by atoms with van der Waals surface area (Å²) in [7, 11) is 0. The highest BCUT2D eigenvalue weighted by Gasteiger charge is 2.48. The zero-order chi connectivity index (χ0) is 23.7. The molecule has 172 valence electrons. The van der Waals surface area contributed by atoms with Crippen LogP contribution >= 0.6 is 0 Å². The van der Waals surface area contributed by atoms with Gasteiger partial charge in [-0.3, -0.25) is 4.90 Å². The van der Waals surface area contributed by atoms with Crippen LogP contribution < -0.4 is 9.47 Å². The van der Waals surface area contributed by atoms with Crippen molar-refractivity contribution in [1.29, 1.82) is 5.26 Å². The summed E-state index contributed by atoms with van der Waals surface area (Å²) in [6, 6.07) is 10.6. The Kier molecular flexibility index (Phi) is 6.62. The molecule has 0 bridgehead atoms. The monoisotopic (exact) mass is 456 g/mol. The van der Waals surface area contributed by atoms with Gasteiger partial charge in [0.15, 0.2) is 0 Å². The molecule has 1 aliphatic heterocycles. The second-order valence-corrected chi connectivity index (χ2v) is 8.19. The number of hydrogen-bond donors (Lipinski definition) is 1. The SMILES string of the molecule is CC1(C)CN(Cc2cccc(OC(F)F)c2)C(O)C1Oc1ccc(C#N)c(C(F)(F)F)c1. The molecule has 2 aromatic carbocycles. The molecule has 1 fully saturated rings. The largest absolute Gasteiger partial charge is 0.486 e. The summed E-state index contributed by atoms with van der Waals surface area (Å²) in [5.41, 5.74) is -1.68. The Morgan fingerprint density at radius 3 is 2.53 bits per heavy atom. The van der Waals surface area contributed by atoms with Crippen molar-refractivity contribution < 1.29 is 36.5 Å². The third-order valence-corrected chi connectivity index (χ3v) is 5.21. The van der Waals surface area contributed by atoms with E-state index in [1.165, 1.54) is 24.3 Å². The van der Waals surface area contributed by atoms with Crippen molar-refractivity contribution in [1.82, 2.24) is 4.90 Å². The van der Waals surface area contributed by atoms with Crippen LogP contribution in [0.1, 0.15) is 30.5 Å². The van der Waals surface area contributed by atoms with Crippen molar-refractivity contribution in [3.63, 3.8) is 0 Å². The van der Waals surface area contributed by atoms with Crippen molar-refractivity contribution in [2.24, 2.45) is 5.41 Å². The van der Waals surface area contributed by atoms with Gasteiger partial charge in [-0.15, -0.1) is 0 Å². The van der Waals surface area contributed by atoms with Crippen LogP contribution in [0.5, 0.6) is 11.5 Å². The van der Waals surface area contributed by atoms with E-state index in [4.69, 9.17) is 10.00 Å². The fourth-order valence-corrected chi connectivity index (χ4v) is 3.80. The number of rotatable bonds is 6. The van der Waals surface area contributed by atoms with Crippen molar-refractivity contribution in [2.45, 2.75) is 45.5 Å². The van der Waals surface area contributed by atoms with E-state index >= 15 is 0 Å². The molecular formula is C22H21F5N2O3. The van der Waals surface area contributed by atoms with Crippen LogP contribution in [0.15, 0.2) is 42.5 Å². The van der Waals surface area contributed by atoms with Gasteiger partial charge in [0, 0.05) is 18.5 Å². The highest BCUT2D eigenvalue weighted by molar-refractivity contribution is 5.44. The molecule has 0 spiro atoms. The second kappa shape index (κ2) is 8.92. The second-order valence-electron chi connectivity index (χ2n) is 8.19. The molecule has 2 aromatic rings. The molecule has 1 aliphatic rings. The van der Waals surface area contributed by atoms with Crippen molar-refractivity contribution in [3.8, 4) is 17.6 Å². The molecule has 32 heavy (non-hydrogen) atoms. The van der Waals surface area contributed by atoms with E-state index in [2.05, 4.69) is 4.74 Å². The quantitative estimate of drug-likeness (QED) is 0.634. The summed E-state index contributed by atoms with van der Waals surface area (Å²) in [6.45, 7) is 1.15. The number of alkyl halides is 5. The maximum Gasteiger partial charge on any atom is 0.417 e. The van der Waals surface area contributed by atoms with E-state index in [0.717, 1.165) is 12.1 Å². The average Bonchev–Trinajstić information content (AvgIpc) is 2.89. The number of nitriles is 1. The number of halogens is 5. The molecule has 0 radical (unpaired) electrons. The van der Waals surface area contributed by atoms with E-state index in [-0.39, 0.29) is 18.0 Å². The van der Waals surface area contributed by atoms with Crippen LogP contribution in [0.3, 0.4) is 0 Å². The van der Waals surface area contributed by atoms with Crippen molar-refractivity contribution in [3.05, 3.63) is 59.2 Å². The number of ether oxygens (including phenoxy) is 2. The van der Waals surface area contributed by atoms with E-state index < -0.39 is 41.7 Å². The highest BCUT2D eigenvalue weighted by Crippen LogP contribution is 2.39. The van der Waals surface area contributed by atoms with Gasteiger partial charge in [-0.2, -0.15) is 27.2 Å². The normalized spacial score (nSPS) is 20.9. The Morgan fingerprint density at radius 1 is 1.19 bits per heavy atom. The molecule has 2 atom stereocenters. The minimum atomic E-state index is -4.73. The fourth-order valence-electron chi connectivity index (χ4n) is 3.80. The van der Waals surface area contributed by atoms with E-state index in [1.807, 2.05) is 0 Å². The molecule has 2 unspecified atom stereocenters. The minimum absolute atomic E-state index is 0.0180. The summed E-state index contributed by atoms with van der Waals surface area (Å²) in [4.78, 5) is 1.64. The van der Waals surface area contributed by atoms with E-state index in [0.29, 0.717) is 12.1 Å². The number of nitrogens with zero attached hydrogens (tertiary/aromatic N) is 2. The minimum Gasteiger partial charge on any atom is -0.486 e. The molecule has 0 aromatic heterocycles. The maximum atomic E-state index is 13.3. The lowest BCUT2D eigenvalue weighted by Gasteiger charge is -2.28. The van der Waals surface area contributed by atoms with Crippen LogP contribution in [0, 0.1) is 16.7 Å². The number of hydrogen-bond acceptors (Lipinski definition) is 5. The first-order chi connectivity index (χ1) is 14.9. The molecule has 0 amide bonds. The van der Waals surface area contributed by atoms with Crippen molar-refractivity contribution in [2.75, 3.05) is 6.54 Å². The Balaban J connectivity index is 1.79. The van der Waals surface area contributed by atoms with Gasteiger partial charge in [-0.1, -0.05) is 26.0 Å². The summed E-state index contributed by atoms with van der Waals surface area (Å²) < 4.78 is 74.8. The lowest BCUT2D eigenvalue weighted by Crippen LogP contribution is -2.40. The van der Waals surface area contributed by atoms with Gasteiger partial charge in [0.1, 0.15) is 23.8 Å². The van der Waals surface area contributed by atoms with Crippen molar-refractivity contribution >= 4 is 0 Å². The zero-order valence-corrected chi connectivity index (χ0v) is 17.2. The fraction of sp³-hybridized carbons (Fsp3) is 0.409. The smallest absolute Gasteiger partial charge is 0.417 e. The molecule has 1 heterocycles. The summed E-state index contributed by atoms with van der Waals surface area (Å²) in [6.07, 6.45) is -6.78. The van der Waals surface area contributed by atoms with Gasteiger partial charge < -0.3 is 14.6 Å². The number of aliphatic hydroxyl groups excluding tert-OH is 1. The molecule has 0 saturated carbocycles. The van der Waals surface area contributed by atoms with Crippen LogP contribution in [0.2, 0.25) is 0 Å². The molecule has 3 rings (SSSR count). The van der Waals surface area contributed by atoms with E-state index in [9.17, 15) is 27.1 Å². The standard InChI is InChI=1S/C22H21F5N2O3/c1-21(2)12-29(11-13-4-3-5-15(8-13)32-20(23)24)19(30)18(21)31-16-7-6-14(10-28)17(9-16)22(25,26)27/h3-9,18-20,30H,11-12H2,1-2H3. The van der Waals surface area contributed by atoms with Gasteiger partial charge >= 0.3 is 12.8 Å². The third kappa shape index (κ3) is 5.29. The lowest BCUT2D eigenvalue weighted by atomic mass is 9.89. The number of likely N-dealkylation sites (tertiary alicyclic amines) is 1. The maximum absolute atomic E-state index is 13.3. The Bertz CT molecular complexity index is 1000. The third-order valence-electron chi connectivity index (χ3n) is 5.21. The Hall–Kier alpha value is -2.90. The molecule has 10 heteroatoms. The topological polar surface area (TPSA) is 65.7 Å². The first kappa shape index (κ1) is 23.8. The highest BCUT2D eigenvalue weighted by atomic mass is 19.4. The van der Waals surface area contributed by atoms with Gasteiger partial charge in [0.25, 0.3) is 0 Å². The first-order valence-corrected chi connectivity index (χ1v) is 9.64. The van der Waals surface area contributed by atoms with Crippen LogP contribution in [-0.4, -0.2) is 35.5 Å².